The number of ether oxygens (including phenoxy) is 1. The van der Waals surface area contributed by atoms with E-state index in [1.807, 2.05) is 29.6 Å². The molecular weight excluding hydrogens is 360 g/mol. The van der Waals surface area contributed by atoms with Gasteiger partial charge in [-0.1, -0.05) is 18.2 Å². The quantitative estimate of drug-likeness (QED) is 0.701. The summed E-state index contributed by atoms with van der Waals surface area (Å²) in [6.45, 7) is 3.25. The Bertz CT molecular complexity index is 891. The number of amides is 1. The molecule has 3 aromatic rings. The fourth-order valence-corrected chi connectivity index (χ4v) is 3.56. The summed E-state index contributed by atoms with van der Waals surface area (Å²) in [7, 11) is 0. The lowest BCUT2D eigenvalue weighted by atomic mass is 10.2. The maximum atomic E-state index is 12.1. The molecule has 1 aromatic carbocycles. The standard InChI is InChI=1S/C20H20N4O2S/c25-20(18-6-3-13-27-18)23-19-8-7-15(14-21-19)22-16-4-1-2-5-17(16)24-9-11-26-12-10-24/h1-8,13-14,22H,9-12H2,(H,21,23,25). The highest BCUT2D eigenvalue weighted by Gasteiger charge is 2.14. The van der Waals surface area contributed by atoms with Crippen molar-refractivity contribution in [2.75, 3.05) is 41.8 Å². The van der Waals surface area contributed by atoms with Crippen LogP contribution in [-0.2, 0) is 4.74 Å². The highest BCUT2D eigenvalue weighted by molar-refractivity contribution is 7.12. The molecule has 0 aliphatic carbocycles. The molecule has 6 nitrogen and oxygen atoms in total. The van der Waals surface area contributed by atoms with Gasteiger partial charge in [-0.25, -0.2) is 4.98 Å². The van der Waals surface area contributed by atoms with Crippen LogP contribution in [0.5, 0.6) is 0 Å². The van der Waals surface area contributed by atoms with Crippen molar-refractivity contribution in [3.8, 4) is 0 Å². The fourth-order valence-electron chi connectivity index (χ4n) is 2.94. The van der Waals surface area contributed by atoms with Crippen molar-refractivity contribution >= 4 is 40.1 Å². The maximum absolute atomic E-state index is 12.1. The second-order valence-electron chi connectivity index (χ2n) is 6.11. The zero-order chi connectivity index (χ0) is 18.5. The van der Waals surface area contributed by atoms with Gasteiger partial charge in [-0.15, -0.1) is 11.3 Å². The summed E-state index contributed by atoms with van der Waals surface area (Å²) in [6, 6.07) is 15.6. The first-order chi connectivity index (χ1) is 13.3. The summed E-state index contributed by atoms with van der Waals surface area (Å²) in [6.07, 6.45) is 1.72. The summed E-state index contributed by atoms with van der Waals surface area (Å²) in [5.74, 6) is 0.385. The molecule has 7 heteroatoms. The number of nitrogens with zero attached hydrogens (tertiary/aromatic N) is 2. The largest absolute Gasteiger partial charge is 0.378 e. The topological polar surface area (TPSA) is 66.5 Å². The van der Waals surface area contributed by atoms with Crippen molar-refractivity contribution < 1.29 is 9.53 Å². The predicted octanol–water partition coefficient (Wildman–Crippen LogP) is 3.98. The van der Waals surface area contributed by atoms with Crippen LogP contribution >= 0.6 is 11.3 Å². The number of hydrogen-bond acceptors (Lipinski definition) is 6. The smallest absolute Gasteiger partial charge is 0.266 e. The molecule has 1 saturated heterocycles. The van der Waals surface area contributed by atoms with Crippen molar-refractivity contribution in [2.24, 2.45) is 0 Å². The third-order valence-corrected chi connectivity index (χ3v) is 5.15. The molecule has 1 fully saturated rings. The number of thiophene rings is 1. The molecule has 0 spiro atoms. The van der Waals surface area contributed by atoms with Crippen LogP contribution in [-0.4, -0.2) is 37.2 Å². The van der Waals surface area contributed by atoms with Gasteiger partial charge in [0.25, 0.3) is 5.91 Å². The van der Waals surface area contributed by atoms with Gasteiger partial charge in [0.15, 0.2) is 0 Å². The number of benzene rings is 1. The lowest BCUT2D eigenvalue weighted by Gasteiger charge is -2.30. The van der Waals surface area contributed by atoms with Gasteiger partial charge < -0.3 is 20.3 Å². The number of aromatic nitrogens is 1. The minimum absolute atomic E-state index is 0.143. The molecule has 138 valence electrons. The summed E-state index contributed by atoms with van der Waals surface area (Å²) >= 11 is 1.40. The normalized spacial score (nSPS) is 14.0. The van der Waals surface area contributed by atoms with Crippen LogP contribution < -0.4 is 15.5 Å². The molecular formula is C20H20N4O2S. The van der Waals surface area contributed by atoms with E-state index in [2.05, 4.69) is 32.7 Å². The van der Waals surface area contributed by atoms with Gasteiger partial charge in [-0.3, -0.25) is 4.79 Å². The number of pyridine rings is 1. The van der Waals surface area contributed by atoms with Gasteiger partial charge in [-0.2, -0.15) is 0 Å². The van der Waals surface area contributed by atoms with Crippen molar-refractivity contribution in [1.82, 2.24) is 4.98 Å². The summed E-state index contributed by atoms with van der Waals surface area (Å²) in [5, 5.41) is 8.11. The molecule has 1 amide bonds. The van der Waals surface area contributed by atoms with E-state index < -0.39 is 0 Å². The zero-order valence-corrected chi connectivity index (χ0v) is 15.5. The SMILES string of the molecule is O=C(Nc1ccc(Nc2ccccc2N2CCOCC2)cn1)c1cccs1. The molecule has 2 aromatic heterocycles. The first kappa shape index (κ1) is 17.5. The Hall–Kier alpha value is -2.90. The van der Waals surface area contributed by atoms with E-state index in [0.717, 1.165) is 43.4 Å². The van der Waals surface area contributed by atoms with Crippen LogP contribution in [0.4, 0.5) is 22.9 Å². The second-order valence-corrected chi connectivity index (χ2v) is 7.05. The van der Waals surface area contributed by atoms with Gasteiger partial charge in [0.05, 0.1) is 41.3 Å². The number of nitrogens with one attached hydrogen (secondary N) is 2. The Morgan fingerprint density at radius 1 is 1.07 bits per heavy atom. The molecule has 4 rings (SSSR count). The highest BCUT2D eigenvalue weighted by Crippen LogP contribution is 2.29. The number of morpholine rings is 1. The molecule has 2 N–H and O–H groups in total. The van der Waals surface area contributed by atoms with Gasteiger partial charge >= 0.3 is 0 Å². The van der Waals surface area contributed by atoms with E-state index in [1.54, 1.807) is 18.3 Å². The van der Waals surface area contributed by atoms with Gasteiger partial charge in [0.1, 0.15) is 5.82 Å². The van der Waals surface area contributed by atoms with E-state index in [4.69, 9.17) is 4.74 Å². The van der Waals surface area contributed by atoms with E-state index >= 15 is 0 Å². The summed E-state index contributed by atoms with van der Waals surface area (Å²) in [4.78, 5) is 19.4. The fraction of sp³-hybridized carbons (Fsp3) is 0.200. The second kappa shape index (κ2) is 8.20. The number of rotatable bonds is 5. The van der Waals surface area contributed by atoms with Gasteiger partial charge in [0.2, 0.25) is 0 Å². The monoisotopic (exact) mass is 380 g/mol. The minimum atomic E-state index is -0.143. The van der Waals surface area contributed by atoms with Gasteiger partial charge in [0, 0.05) is 13.1 Å². The lowest BCUT2D eigenvalue weighted by molar-refractivity contribution is 0.103. The maximum Gasteiger partial charge on any atom is 0.266 e. The van der Waals surface area contributed by atoms with Crippen LogP contribution in [0.15, 0.2) is 60.1 Å². The Labute approximate surface area is 161 Å². The summed E-state index contributed by atoms with van der Waals surface area (Å²) < 4.78 is 5.45. The summed E-state index contributed by atoms with van der Waals surface area (Å²) in [5.41, 5.74) is 3.04. The number of hydrogen-bond donors (Lipinski definition) is 2. The van der Waals surface area contributed by atoms with Crippen molar-refractivity contribution in [2.45, 2.75) is 0 Å². The van der Waals surface area contributed by atoms with E-state index in [1.165, 1.54) is 11.3 Å². The average molecular weight is 380 g/mol. The van der Waals surface area contributed by atoms with Crippen LogP contribution in [0, 0.1) is 0 Å². The van der Waals surface area contributed by atoms with Gasteiger partial charge in [-0.05, 0) is 35.7 Å². The number of anilines is 4. The van der Waals surface area contributed by atoms with Crippen LogP contribution in [0.2, 0.25) is 0 Å². The van der Waals surface area contributed by atoms with E-state index in [9.17, 15) is 4.79 Å². The Balaban J connectivity index is 1.45. The molecule has 0 atom stereocenters. The predicted molar refractivity (Wildman–Crippen MR) is 109 cm³/mol. The zero-order valence-electron chi connectivity index (χ0n) is 14.7. The van der Waals surface area contributed by atoms with Crippen LogP contribution in [0.25, 0.3) is 0 Å². The molecule has 27 heavy (non-hydrogen) atoms. The third kappa shape index (κ3) is 4.27. The first-order valence-electron chi connectivity index (χ1n) is 8.79. The van der Waals surface area contributed by atoms with Crippen LogP contribution in [0.3, 0.4) is 0 Å². The number of para-hydroxylation sites is 2. The Morgan fingerprint density at radius 2 is 1.93 bits per heavy atom. The van der Waals surface area contributed by atoms with Crippen molar-refractivity contribution in [3.63, 3.8) is 0 Å². The van der Waals surface area contributed by atoms with Crippen molar-refractivity contribution in [3.05, 3.63) is 65.0 Å². The molecule has 0 radical (unpaired) electrons. The molecule has 1 aliphatic heterocycles. The van der Waals surface area contributed by atoms with Crippen molar-refractivity contribution in [1.29, 1.82) is 0 Å². The van der Waals surface area contributed by atoms with E-state index in [-0.39, 0.29) is 5.91 Å². The Morgan fingerprint density at radius 3 is 2.67 bits per heavy atom. The Kier molecular flexibility index (Phi) is 5.32. The molecule has 0 bridgehead atoms. The highest BCUT2D eigenvalue weighted by atomic mass is 32.1. The molecule has 0 saturated carbocycles. The molecule has 3 heterocycles. The minimum Gasteiger partial charge on any atom is -0.378 e. The van der Waals surface area contributed by atoms with Crippen LogP contribution in [0.1, 0.15) is 9.67 Å². The number of carbonyl (C=O) groups excluding carboxylic acids is 1. The third-order valence-electron chi connectivity index (χ3n) is 4.28. The average Bonchev–Trinajstić information content (AvgIpc) is 3.26. The lowest BCUT2D eigenvalue weighted by Crippen LogP contribution is -2.36. The molecule has 0 unspecified atom stereocenters. The number of carbonyl (C=O) groups is 1. The first-order valence-corrected chi connectivity index (χ1v) is 9.67. The molecule has 1 aliphatic rings. The van der Waals surface area contributed by atoms with E-state index in [0.29, 0.717) is 10.7 Å².